The molecule has 1 amide bonds. The van der Waals surface area contributed by atoms with E-state index < -0.39 is 17.6 Å². The molecule has 0 aliphatic heterocycles. The smallest absolute Gasteiger partial charge is 0.324 e. The quantitative estimate of drug-likeness (QED) is 0.771. The molecule has 0 bridgehead atoms. The van der Waals surface area contributed by atoms with Gasteiger partial charge in [0.1, 0.15) is 0 Å². The van der Waals surface area contributed by atoms with Crippen molar-refractivity contribution in [2.24, 2.45) is 0 Å². The molecule has 2 rings (SSSR count). The van der Waals surface area contributed by atoms with E-state index in [9.17, 15) is 18.0 Å². The summed E-state index contributed by atoms with van der Waals surface area (Å²) in [5.74, 6) is -0.552. The topological polar surface area (TPSA) is 32.3 Å². The minimum atomic E-state index is -4.54. The maximum absolute atomic E-state index is 12.9. The first-order chi connectivity index (χ1) is 11.7. The highest BCUT2D eigenvalue weighted by atomic mass is 35.5. The number of anilines is 1. The van der Waals surface area contributed by atoms with Crippen molar-refractivity contribution in [3.05, 3.63) is 63.6 Å². The highest BCUT2D eigenvalue weighted by Crippen LogP contribution is 2.34. The van der Waals surface area contributed by atoms with Gasteiger partial charge in [-0.1, -0.05) is 41.4 Å². The van der Waals surface area contributed by atoms with Crippen LogP contribution < -0.4 is 5.32 Å². The predicted molar refractivity (Wildman–Crippen MR) is 92.9 cm³/mol. The zero-order valence-electron chi connectivity index (χ0n) is 13.2. The molecule has 8 heteroatoms. The van der Waals surface area contributed by atoms with Crippen molar-refractivity contribution >= 4 is 34.8 Å². The minimum absolute atomic E-state index is 0.0921. The molecular weight excluding hydrogens is 376 g/mol. The second-order valence-corrected chi connectivity index (χ2v) is 6.34. The average Bonchev–Trinajstić information content (AvgIpc) is 2.49. The molecule has 3 nitrogen and oxygen atoms in total. The number of alkyl halides is 3. The fraction of sp³-hybridized carbons (Fsp3) is 0.235. The van der Waals surface area contributed by atoms with E-state index in [1.165, 1.54) is 18.2 Å². The number of halogens is 5. The van der Waals surface area contributed by atoms with Gasteiger partial charge in [-0.3, -0.25) is 9.69 Å². The average molecular weight is 391 g/mol. The van der Waals surface area contributed by atoms with Gasteiger partial charge in [0.15, 0.2) is 0 Å². The first-order valence-corrected chi connectivity index (χ1v) is 8.01. The number of rotatable bonds is 5. The molecule has 0 aliphatic rings. The molecular formula is C17H15Cl2F3N2O. The van der Waals surface area contributed by atoms with Gasteiger partial charge in [0, 0.05) is 16.6 Å². The van der Waals surface area contributed by atoms with Crippen molar-refractivity contribution < 1.29 is 18.0 Å². The lowest BCUT2D eigenvalue weighted by molar-refractivity contribution is -0.137. The monoisotopic (exact) mass is 390 g/mol. The van der Waals surface area contributed by atoms with Crippen LogP contribution in [0.3, 0.4) is 0 Å². The fourth-order valence-corrected chi connectivity index (χ4v) is 2.74. The van der Waals surface area contributed by atoms with Crippen LogP contribution in [0.4, 0.5) is 18.9 Å². The molecule has 0 spiro atoms. The molecule has 134 valence electrons. The Morgan fingerprint density at radius 3 is 2.48 bits per heavy atom. The molecule has 0 aromatic heterocycles. The fourth-order valence-electron chi connectivity index (χ4n) is 2.27. The van der Waals surface area contributed by atoms with E-state index in [1.54, 1.807) is 30.1 Å². The molecule has 0 aliphatic carbocycles. The Hall–Kier alpha value is -1.76. The van der Waals surface area contributed by atoms with Crippen molar-refractivity contribution in [1.29, 1.82) is 0 Å². The Morgan fingerprint density at radius 2 is 1.84 bits per heavy atom. The number of likely N-dealkylation sites (N-methyl/N-ethyl adjacent to an activating group) is 1. The highest BCUT2D eigenvalue weighted by Gasteiger charge is 2.33. The van der Waals surface area contributed by atoms with E-state index in [4.69, 9.17) is 23.2 Å². The Kier molecular flexibility index (Phi) is 6.32. The second-order valence-electron chi connectivity index (χ2n) is 5.50. The van der Waals surface area contributed by atoms with Crippen molar-refractivity contribution in [2.75, 3.05) is 18.9 Å². The Balaban J connectivity index is 2.01. The summed E-state index contributed by atoms with van der Waals surface area (Å²) in [5.41, 5.74) is -0.387. The lowest BCUT2D eigenvalue weighted by atomic mass is 10.1. The number of carbonyl (C=O) groups excluding carboxylic acids is 1. The number of para-hydroxylation sites is 1. The zero-order valence-corrected chi connectivity index (χ0v) is 14.7. The maximum atomic E-state index is 12.9. The summed E-state index contributed by atoms with van der Waals surface area (Å²) in [6.45, 7) is 0.259. The third-order valence-electron chi connectivity index (χ3n) is 3.38. The van der Waals surface area contributed by atoms with Crippen LogP contribution in [-0.4, -0.2) is 24.4 Å². The van der Waals surface area contributed by atoms with Gasteiger partial charge in [-0.15, -0.1) is 0 Å². The number of amides is 1. The van der Waals surface area contributed by atoms with Gasteiger partial charge in [-0.25, -0.2) is 0 Å². The second kappa shape index (κ2) is 8.08. The van der Waals surface area contributed by atoms with Crippen LogP contribution in [0.1, 0.15) is 11.1 Å². The molecule has 0 saturated heterocycles. The van der Waals surface area contributed by atoms with Crippen molar-refractivity contribution in [3.63, 3.8) is 0 Å². The molecule has 2 aromatic rings. The van der Waals surface area contributed by atoms with Crippen molar-refractivity contribution in [2.45, 2.75) is 12.7 Å². The van der Waals surface area contributed by atoms with Gasteiger partial charge in [-0.2, -0.15) is 13.2 Å². The number of hydrogen-bond acceptors (Lipinski definition) is 2. The van der Waals surface area contributed by atoms with Crippen LogP contribution in [0.25, 0.3) is 0 Å². The molecule has 1 N–H and O–H groups in total. The van der Waals surface area contributed by atoms with E-state index in [-0.39, 0.29) is 12.2 Å². The maximum Gasteiger partial charge on any atom is 0.418 e. The van der Waals surface area contributed by atoms with E-state index in [1.807, 2.05) is 0 Å². The summed E-state index contributed by atoms with van der Waals surface area (Å²) < 4.78 is 38.8. The summed E-state index contributed by atoms with van der Waals surface area (Å²) in [6.07, 6.45) is -4.54. The summed E-state index contributed by atoms with van der Waals surface area (Å²) in [6, 6.07) is 9.85. The molecule has 0 radical (unpaired) electrons. The largest absolute Gasteiger partial charge is 0.418 e. The summed E-state index contributed by atoms with van der Waals surface area (Å²) in [4.78, 5) is 13.7. The number of carbonyl (C=O) groups is 1. The van der Waals surface area contributed by atoms with Gasteiger partial charge >= 0.3 is 6.18 Å². The number of nitrogens with one attached hydrogen (secondary N) is 1. The van der Waals surface area contributed by atoms with Crippen molar-refractivity contribution in [3.8, 4) is 0 Å². The Labute approximate surface area is 153 Å². The first-order valence-electron chi connectivity index (χ1n) is 7.25. The number of benzene rings is 2. The van der Waals surface area contributed by atoms with Gasteiger partial charge in [0.25, 0.3) is 0 Å². The third-order valence-corrected chi connectivity index (χ3v) is 3.96. The van der Waals surface area contributed by atoms with Gasteiger partial charge in [0.05, 0.1) is 17.8 Å². The summed E-state index contributed by atoms with van der Waals surface area (Å²) >= 11 is 11.9. The Bertz CT molecular complexity index is 766. The molecule has 2 aromatic carbocycles. The van der Waals surface area contributed by atoms with Crippen LogP contribution in [0, 0.1) is 0 Å². The lowest BCUT2D eigenvalue weighted by Crippen LogP contribution is -2.30. The number of nitrogens with zero attached hydrogens (tertiary/aromatic N) is 1. The van der Waals surface area contributed by atoms with Crippen LogP contribution in [0.2, 0.25) is 10.0 Å². The van der Waals surface area contributed by atoms with Crippen LogP contribution in [0.5, 0.6) is 0 Å². The molecule has 0 heterocycles. The van der Waals surface area contributed by atoms with Gasteiger partial charge < -0.3 is 5.32 Å². The van der Waals surface area contributed by atoms with Gasteiger partial charge in [0.2, 0.25) is 5.91 Å². The van der Waals surface area contributed by atoms with E-state index >= 15 is 0 Å². The molecule has 0 atom stereocenters. The predicted octanol–water partition coefficient (Wildman–Crippen LogP) is 5.08. The molecule has 0 unspecified atom stereocenters. The normalized spacial score (nSPS) is 11.6. The Morgan fingerprint density at radius 1 is 1.16 bits per heavy atom. The first kappa shape index (κ1) is 19.6. The van der Waals surface area contributed by atoms with E-state index in [0.717, 1.165) is 11.6 Å². The molecule has 25 heavy (non-hydrogen) atoms. The third kappa shape index (κ3) is 5.63. The van der Waals surface area contributed by atoms with Gasteiger partial charge in [-0.05, 0) is 36.9 Å². The van der Waals surface area contributed by atoms with E-state index in [0.29, 0.717) is 16.6 Å². The van der Waals surface area contributed by atoms with E-state index in [2.05, 4.69) is 5.32 Å². The lowest BCUT2D eigenvalue weighted by Gasteiger charge is -2.18. The summed E-state index contributed by atoms with van der Waals surface area (Å²) in [7, 11) is 1.67. The number of hydrogen-bond donors (Lipinski definition) is 1. The van der Waals surface area contributed by atoms with Crippen LogP contribution >= 0.6 is 23.2 Å². The zero-order chi connectivity index (χ0) is 18.6. The van der Waals surface area contributed by atoms with Crippen molar-refractivity contribution in [1.82, 2.24) is 4.90 Å². The minimum Gasteiger partial charge on any atom is -0.324 e. The summed E-state index contributed by atoms with van der Waals surface area (Å²) in [5, 5.41) is 3.26. The molecule has 0 fully saturated rings. The SMILES string of the molecule is CN(CC(=O)Nc1ccccc1C(F)(F)F)Cc1ccc(Cl)cc1Cl. The van der Waals surface area contributed by atoms with Crippen LogP contribution in [-0.2, 0) is 17.5 Å². The molecule has 0 saturated carbocycles. The van der Waals surface area contributed by atoms with Crippen LogP contribution in [0.15, 0.2) is 42.5 Å². The highest BCUT2D eigenvalue weighted by molar-refractivity contribution is 6.35. The standard InChI is InChI=1S/C17H15Cl2F3N2O/c1-24(9-11-6-7-12(18)8-14(11)19)10-16(25)23-15-5-3-2-4-13(15)17(20,21)22/h2-8H,9-10H2,1H3,(H,23,25).